The van der Waals surface area contributed by atoms with Crippen LogP contribution in [0.5, 0.6) is 6.01 Å². The van der Waals surface area contributed by atoms with Gasteiger partial charge in [-0.25, -0.2) is 19.7 Å². The Kier molecular flexibility index (Phi) is 5.62. The second kappa shape index (κ2) is 8.72. The Bertz CT molecular complexity index is 1270. The molecular formula is C25H34N8O3. The third-order valence-electron chi connectivity index (χ3n) is 7.60. The van der Waals surface area contributed by atoms with Crippen LogP contribution in [0.15, 0.2) is 12.5 Å². The molecule has 0 spiro atoms. The highest BCUT2D eigenvalue weighted by atomic mass is 16.6. The predicted octanol–water partition coefficient (Wildman–Crippen LogP) is 2.97. The van der Waals surface area contributed by atoms with Gasteiger partial charge in [0.2, 0.25) is 0 Å². The van der Waals surface area contributed by atoms with Crippen LogP contribution in [0, 0.1) is 0 Å². The van der Waals surface area contributed by atoms with Crippen LogP contribution in [0.25, 0.3) is 22.1 Å². The van der Waals surface area contributed by atoms with Crippen molar-refractivity contribution in [2.75, 3.05) is 50.8 Å². The Hall–Kier alpha value is -3.21. The first-order chi connectivity index (χ1) is 17.3. The Labute approximate surface area is 210 Å². The molecule has 0 aliphatic carbocycles. The molecule has 6 heterocycles. The summed E-state index contributed by atoms with van der Waals surface area (Å²) < 4.78 is 11.9. The maximum absolute atomic E-state index is 12.6. The molecule has 3 aromatic rings. The molecule has 192 valence electrons. The Morgan fingerprint density at radius 1 is 1.06 bits per heavy atom. The number of nitrogens with zero attached hydrogens (tertiary/aromatic N) is 7. The summed E-state index contributed by atoms with van der Waals surface area (Å²) >= 11 is 0. The van der Waals surface area contributed by atoms with E-state index in [0.29, 0.717) is 50.0 Å². The number of hydrogen-bond acceptors (Lipinski definition) is 9. The Morgan fingerprint density at radius 2 is 1.81 bits per heavy atom. The molecule has 0 saturated carbocycles. The first-order valence-corrected chi connectivity index (χ1v) is 12.9. The Morgan fingerprint density at radius 3 is 2.53 bits per heavy atom. The SMILES string of the molecule is CC(C)(C)OC(=O)N1CCN(c2nc(OCC34CCCN3CCC4)[nH]c3c2cnc2ncnc23)CC1. The minimum Gasteiger partial charge on any atom is -0.463 e. The van der Waals surface area contributed by atoms with Gasteiger partial charge in [0.1, 0.15) is 29.9 Å². The summed E-state index contributed by atoms with van der Waals surface area (Å²) in [6.07, 6.45) is 7.83. The number of fused-ring (bicyclic) bond motifs is 4. The van der Waals surface area contributed by atoms with E-state index in [-0.39, 0.29) is 11.6 Å². The summed E-state index contributed by atoms with van der Waals surface area (Å²) in [6.45, 7) is 10.9. The number of nitrogens with one attached hydrogen (secondary N) is 1. The van der Waals surface area contributed by atoms with Crippen molar-refractivity contribution in [2.24, 2.45) is 0 Å². The van der Waals surface area contributed by atoms with E-state index in [1.165, 1.54) is 32.0 Å². The minimum atomic E-state index is -0.515. The van der Waals surface area contributed by atoms with Gasteiger partial charge in [-0.05, 0) is 59.5 Å². The van der Waals surface area contributed by atoms with Gasteiger partial charge in [0, 0.05) is 32.4 Å². The van der Waals surface area contributed by atoms with Crippen LogP contribution in [0.4, 0.5) is 10.6 Å². The van der Waals surface area contributed by atoms with Crippen LogP contribution in [-0.4, -0.2) is 97.8 Å². The van der Waals surface area contributed by atoms with Crippen molar-refractivity contribution >= 4 is 34.0 Å². The molecule has 11 heteroatoms. The lowest BCUT2D eigenvalue weighted by atomic mass is 9.95. The van der Waals surface area contributed by atoms with E-state index in [1.807, 2.05) is 20.8 Å². The average Bonchev–Trinajstić information content (AvgIpc) is 3.57. The summed E-state index contributed by atoms with van der Waals surface area (Å²) in [5.41, 5.74) is 1.72. The first-order valence-electron chi connectivity index (χ1n) is 12.9. The maximum Gasteiger partial charge on any atom is 0.410 e. The van der Waals surface area contributed by atoms with Gasteiger partial charge in [0.15, 0.2) is 5.65 Å². The molecule has 0 unspecified atom stereocenters. The lowest BCUT2D eigenvalue weighted by Crippen LogP contribution is -2.50. The lowest BCUT2D eigenvalue weighted by molar-refractivity contribution is 0.0240. The number of hydrogen-bond donors (Lipinski definition) is 1. The van der Waals surface area contributed by atoms with Gasteiger partial charge >= 0.3 is 6.09 Å². The molecule has 0 radical (unpaired) electrons. The van der Waals surface area contributed by atoms with Gasteiger partial charge in [-0.15, -0.1) is 0 Å². The largest absolute Gasteiger partial charge is 0.463 e. The maximum atomic E-state index is 12.6. The number of piperazine rings is 1. The highest BCUT2D eigenvalue weighted by Gasteiger charge is 2.45. The molecule has 0 aromatic carbocycles. The number of ether oxygens (including phenoxy) is 2. The fourth-order valence-corrected chi connectivity index (χ4v) is 5.84. The van der Waals surface area contributed by atoms with Crippen molar-refractivity contribution in [3.8, 4) is 6.01 Å². The number of aromatic amines is 1. The van der Waals surface area contributed by atoms with Crippen LogP contribution >= 0.6 is 0 Å². The zero-order valence-electron chi connectivity index (χ0n) is 21.3. The van der Waals surface area contributed by atoms with E-state index in [2.05, 4.69) is 29.7 Å². The number of anilines is 1. The summed E-state index contributed by atoms with van der Waals surface area (Å²) in [7, 11) is 0. The summed E-state index contributed by atoms with van der Waals surface area (Å²) in [5.74, 6) is 0.784. The van der Waals surface area contributed by atoms with Gasteiger partial charge in [0.05, 0.1) is 16.4 Å². The van der Waals surface area contributed by atoms with Crippen molar-refractivity contribution in [3.05, 3.63) is 12.5 Å². The van der Waals surface area contributed by atoms with E-state index in [0.717, 1.165) is 29.8 Å². The number of carbonyl (C=O) groups excluding carboxylic acids is 1. The number of imidazole rings is 1. The molecule has 3 aromatic heterocycles. The minimum absolute atomic E-state index is 0.122. The predicted molar refractivity (Wildman–Crippen MR) is 135 cm³/mol. The average molecular weight is 495 g/mol. The topological polar surface area (TPSA) is 113 Å². The molecule has 0 atom stereocenters. The third kappa shape index (κ3) is 4.19. The summed E-state index contributed by atoms with van der Waals surface area (Å²) in [6, 6.07) is 0.482. The highest BCUT2D eigenvalue weighted by molar-refractivity contribution is 6.03. The van der Waals surface area contributed by atoms with Crippen LogP contribution in [0.1, 0.15) is 46.5 Å². The van der Waals surface area contributed by atoms with Crippen LogP contribution < -0.4 is 9.64 Å². The normalized spacial score (nSPS) is 20.3. The van der Waals surface area contributed by atoms with E-state index >= 15 is 0 Å². The molecule has 11 nitrogen and oxygen atoms in total. The van der Waals surface area contributed by atoms with Crippen molar-refractivity contribution in [2.45, 2.75) is 57.6 Å². The molecule has 3 aliphatic rings. The third-order valence-corrected chi connectivity index (χ3v) is 7.60. The van der Waals surface area contributed by atoms with E-state index in [4.69, 9.17) is 14.5 Å². The summed E-state index contributed by atoms with van der Waals surface area (Å²) in [5, 5.41) is 0.864. The molecule has 3 aliphatic heterocycles. The lowest BCUT2D eigenvalue weighted by Gasteiger charge is -2.36. The van der Waals surface area contributed by atoms with Gasteiger partial charge in [-0.2, -0.15) is 4.98 Å². The Balaban J connectivity index is 1.28. The van der Waals surface area contributed by atoms with E-state index in [9.17, 15) is 4.79 Å². The monoisotopic (exact) mass is 494 g/mol. The van der Waals surface area contributed by atoms with Gasteiger partial charge < -0.3 is 24.3 Å². The van der Waals surface area contributed by atoms with Gasteiger partial charge in [0.25, 0.3) is 6.01 Å². The van der Waals surface area contributed by atoms with Crippen LogP contribution in [-0.2, 0) is 4.74 Å². The smallest absolute Gasteiger partial charge is 0.410 e. The van der Waals surface area contributed by atoms with Crippen molar-refractivity contribution in [1.82, 2.24) is 34.7 Å². The number of aromatic nitrogens is 5. The van der Waals surface area contributed by atoms with E-state index < -0.39 is 5.60 Å². The molecule has 1 amide bonds. The van der Waals surface area contributed by atoms with Gasteiger partial charge in [-0.1, -0.05) is 0 Å². The molecule has 1 N–H and O–H groups in total. The zero-order chi connectivity index (χ0) is 24.9. The fraction of sp³-hybridized carbons (Fsp3) is 0.640. The van der Waals surface area contributed by atoms with Crippen molar-refractivity contribution in [3.63, 3.8) is 0 Å². The van der Waals surface area contributed by atoms with Crippen molar-refractivity contribution in [1.29, 1.82) is 0 Å². The second-order valence-electron chi connectivity index (χ2n) is 11.1. The second-order valence-corrected chi connectivity index (χ2v) is 11.1. The number of H-pyrrole nitrogens is 1. The molecule has 36 heavy (non-hydrogen) atoms. The zero-order valence-corrected chi connectivity index (χ0v) is 21.3. The molecular weight excluding hydrogens is 460 g/mol. The van der Waals surface area contributed by atoms with Crippen LogP contribution in [0.3, 0.4) is 0 Å². The van der Waals surface area contributed by atoms with Crippen LogP contribution in [0.2, 0.25) is 0 Å². The number of rotatable bonds is 4. The molecule has 0 bridgehead atoms. The van der Waals surface area contributed by atoms with Crippen molar-refractivity contribution < 1.29 is 14.3 Å². The highest BCUT2D eigenvalue weighted by Crippen LogP contribution is 2.39. The number of carbonyl (C=O) groups is 1. The quantitative estimate of drug-likeness (QED) is 0.585. The number of pyridine rings is 1. The van der Waals surface area contributed by atoms with Gasteiger partial charge in [-0.3, -0.25) is 4.90 Å². The first kappa shape index (κ1) is 23.2. The summed E-state index contributed by atoms with van der Waals surface area (Å²) in [4.78, 5) is 40.6. The fourth-order valence-electron chi connectivity index (χ4n) is 5.84. The molecule has 6 rings (SSSR count). The molecule has 3 fully saturated rings. The van der Waals surface area contributed by atoms with E-state index in [1.54, 1.807) is 11.1 Å². The number of amides is 1. The molecule has 3 saturated heterocycles. The standard InChI is InChI=1S/C25H34N8O3/c1-24(2,3)36-23(34)32-12-10-31(11-13-32)21-17-14-26-20-19(27-16-28-20)18(17)29-22(30-21)35-15-25-6-4-8-33(25)9-5-7-25/h14,16H,4-13,15H2,1-3H3,(H,29,30).